The number of carbonyl (C=O) groups excluding carboxylic acids is 1. The molecule has 3 nitrogen and oxygen atoms in total. The van der Waals surface area contributed by atoms with Gasteiger partial charge in [-0.1, -0.05) is 0 Å². The average Bonchev–Trinajstić information content (AvgIpc) is 3.04. The molecule has 0 spiro atoms. The quantitative estimate of drug-likeness (QED) is 0.738. The lowest BCUT2D eigenvalue weighted by Crippen LogP contribution is -2.10. The predicted molar refractivity (Wildman–Crippen MR) is 58.2 cm³/mol. The molecule has 1 aliphatic heterocycles. The van der Waals surface area contributed by atoms with E-state index in [2.05, 4.69) is 0 Å². The molecule has 1 aromatic rings. The third kappa shape index (κ3) is 1.59. The molecule has 1 saturated carbocycles. The first-order chi connectivity index (χ1) is 8.22. The molecule has 0 saturated heterocycles. The normalized spacial score (nSPS) is 28.7. The molecule has 1 aromatic carbocycles. The summed E-state index contributed by atoms with van der Waals surface area (Å²) in [5.74, 6) is 0.292. The third-order valence-electron chi connectivity index (χ3n) is 3.49. The van der Waals surface area contributed by atoms with Crippen molar-refractivity contribution in [3.63, 3.8) is 0 Å². The van der Waals surface area contributed by atoms with Gasteiger partial charge in [0.05, 0.1) is 19.1 Å². The number of esters is 1. The van der Waals surface area contributed by atoms with Crippen LogP contribution in [0.4, 0.5) is 4.39 Å². The smallest absolute Gasteiger partial charge is 0.309 e. The van der Waals surface area contributed by atoms with Gasteiger partial charge in [-0.15, -0.1) is 0 Å². The van der Waals surface area contributed by atoms with E-state index in [0.29, 0.717) is 19.0 Å². The molecule has 17 heavy (non-hydrogen) atoms. The zero-order valence-electron chi connectivity index (χ0n) is 9.48. The van der Waals surface area contributed by atoms with Crippen molar-refractivity contribution in [3.8, 4) is 5.75 Å². The van der Waals surface area contributed by atoms with E-state index in [0.717, 1.165) is 5.56 Å². The average molecular weight is 236 g/mol. The van der Waals surface area contributed by atoms with Crippen molar-refractivity contribution in [2.24, 2.45) is 11.8 Å². The van der Waals surface area contributed by atoms with Gasteiger partial charge in [-0.05, 0) is 25.1 Å². The van der Waals surface area contributed by atoms with Crippen molar-refractivity contribution in [2.45, 2.75) is 12.8 Å². The second kappa shape index (κ2) is 3.72. The number of hydrogen-bond acceptors (Lipinski definition) is 3. The largest absolute Gasteiger partial charge is 0.493 e. The topological polar surface area (TPSA) is 35.5 Å². The number of carbonyl (C=O) groups is 1. The molecule has 0 radical (unpaired) electrons. The second-order valence-corrected chi connectivity index (χ2v) is 4.46. The van der Waals surface area contributed by atoms with Gasteiger partial charge >= 0.3 is 5.97 Å². The summed E-state index contributed by atoms with van der Waals surface area (Å²) in [5.41, 5.74) is 0.805. The molecule has 0 N–H and O–H groups in total. The first kappa shape index (κ1) is 10.6. The molecule has 0 amide bonds. The van der Waals surface area contributed by atoms with Gasteiger partial charge in [0, 0.05) is 17.4 Å². The fraction of sp³-hybridized carbons (Fsp3) is 0.462. The SMILES string of the molecule is CCOC(=O)C1C2COc3ccc(F)cc3C21. The van der Waals surface area contributed by atoms with Crippen LogP contribution in [-0.4, -0.2) is 19.2 Å². The fourth-order valence-electron chi connectivity index (χ4n) is 2.66. The predicted octanol–water partition coefficient (Wildman–Crippen LogP) is 2.11. The number of benzene rings is 1. The fourth-order valence-corrected chi connectivity index (χ4v) is 2.66. The van der Waals surface area contributed by atoms with Crippen LogP contribution in [0.2, 0.25) is 0 Å². The molecule has 1 fully saturated rings. The maximum absolute atomic E-state index is 13.2. The molecule has 0 aromatic heterocycles. The minimum atomic E-state index is -0.289. The molecule has 3 atom stereocenters. The Labute approximate surface area is 98.5 Å². The van der Waals surface area contributed by atoms with Crippen LogP contribution in [0.5, 0.6) is 5.75 Å². The molecule has 90 valence electrons. The molecule has 2 aliphatic rings. The van der Waals surface area contributed by atoms with E-state index >= 15 is 0 Å². The Balaban J connectivity index is 1.88. The van der Waals surface area contributed by atoms with Crippen molar-refractivity contribution in [2.75, 3.05) is 13.2 Å². The lowest BCUT2D eigenvalue weighted by molar-refractivity contribution is -0.145. The molecular weight excluding hydrogens is 223 g/mol. The van der Waals surface area contributed by atoms with E-state index < -0.39 is 0 Å². The maximum atomic E-state index is 13.2. The van der Waals surface area contributed by atoms with Crippen LogP contribution in [0, 0.1) is 17.7 Å². The Hall–Kier alpha value is -1.58. The summed E-state index contributed by atoms with van der Waals surface area (Å²) in [7, 11) is 0. The van der Waals surface area contributed by atoms with E-state index in [1.165, 1.54) is 12.1 Å². The van der Waals surface area contributed by atoms with E-state index in [1.807, 2.05) is 0 Å². The molecule has 3 rings (SSSR count). The molecular formula is C13H13FO3. The summed E-state index contributed by atoms with van der Waals surface area (Å²) in [6, 6.07) is 4.47. The Morgan fingerprint density at radius 1 is 1.59 bits per heavy atom. The zero-order chi connectivity index (χ0) is 12.0. The number of ether oxygens (including phenoxy) is 2. The lowest BCUT2D eigenvalue weighted by atomic mass is 10.1. The van der Waals surface area contributed by atoms with Crippen LogP contribution < -0.4 is 4.74 Å². The van der Waals surface area contributed by atoms with Crippen LogP contribution in [0.15, 0.2) is 18.2 Å². The van der Waals surface area contributed by atoms with Gasteiger partial charge in [0.15, 0.2) is 0 Å². The van der Waals surface area contributed by atoms with Crippen LogP contribution >= 0.6 is 0 Å². The van der Waals surface area contributed by atoms with Crippen molar-refractivity contribution >= 4 is 5.97 Å². The summed E-state index contributed by atoms with van der Waals surface area (Å²) < 4.78 is 23.7. The highest BCUT2D eigenvalue weighted by atomic mass is 19.1. The van der Waals surface area contributed by atoms with Crippen LogP contribution in [0.3, 0.4) is 0 Å². The second-order valence-electron chi connectivity index (χ2n) is 4.46. The minimum absolute atomic E-state index is 0.0773. The van der Waals surface area contributed by atoms with Gasteiger partial charge in [0.1, 0.15) is 11.6 Å². The summed E-state index contributed by atoms with van der Waals surface area (Å²) in [5, 5.41) is 0. The van der Waals surface area contributed by atoms with E-state index in [-0.39, 0.29) is 29.5 Å². The van der Waals surface area contributed by atoms with Crippen molar-refractivity contribution < 1.29 is 18.7 Å². The van der Waals surface area contributed by atoms with E-state index in [1.54, 1.807) is 13.0 Å². The third-order valence-corrected chi connectivity index (χ3v) is 3.49. The van der Waals surface area contributed by atoms with Gasteiger partial charge in [-0.3, -0.25) is 4.79 Å². The number of halogens is 1. The van der Waals surface area contributed by atoms with E-state index in [4.69, 9.17) is 9.47 Å². The first-order valence-corrected chi connectivity index (χ1v) is 5.81. The summed E-state index contributed by atoms with van der Waals surface area (Å²) in [6.07, 6.45) is 0. The molecule has 1 heterocycles. The van der Waals surface area contributed by atoms with Gasteiger partial charge in [0.25, 0.3) is 0 Å². The Kier molecular flexibility index (Phi) is 2.31. The minimum Gasteiger partial charge on any atom is -0.493 e. The van der Waals surface area contributed by atoms with Gasteiger partial charge in [-0.25, -0.2) is 4.39 Å². The molecule has 0 bridgehead atoms. The maximum Gasteiger partial charge on any atom is 0.309 e. The van der Waals surface area contributed by atoms with Gasteiger partial charge in [0.2, 0.25) is 0 Å². The Morgan fingerprint density at radius 2 is 2.41 bits per heavy atom. The summed E-state index contributed by atoms with van der Waals surface area (Å²) in [6.45, 7) is 2.69. The highest BCUT2D eigenvalue weighted by Gasteiger charge is 2.59. The van der Waals surface area contributed by atoms with Crippen LogP contribution in [-0.2, 0) is 9.53 Å². The van der Waals surface area contributed by atoms with Crippen molar-refractivity contribution in [3.05, 3.63) is 29.6 Å². The Bertz CT molecular complexity index is 472. The first-order valence-electron chi connectivity index (χ1n) is 5.81. The van der Waals surface area contributed by atoms with Gasteiger partial charge in [-0.2, -0.15) is 0 Å². The van der Waals surface area contributed by atoms with Crippen LogP contribution in [0.1, 0.15) is 18.4 Å². The molecule has 3 unspecified atom stereocenters. The molecule has 1 aliphatic carbocycles. The highest BCUT2D eigenvalue weighted by molar-refractivity contribution is 5.79. The van der Waals surface area contributed by atoms with Crippen molar-refractivity contribution in [1.82, 2.24) is 0 Å². The standard InChI is InChI=1S/C13H13FO3/c1-2-16-13(15)12-9-6-17-10-4-3-7(14)5-8(10)11(9)12/h3-5,9,11-12H,2,6H2,1H3. The van der Waals surface area contributed by atoms with Crippen molar-refractivity contribution in [1.29, 1.82) is 0 Å². The monoisotopic (exact) mass is 236 g/mol. The van der Waals surface area contributed by atoms with E-state index in [9.17, 15) is 9.18 Å². The summed E-state index contributed by atoms with van der Waals surface area (Å²) in [4.78, 5) is 11.7. The zero-order valence-corrected chi connectivity index (χ0v) is 9.48. The number of rotatable bonds is 2. The Morgan fingerprint density at radius 3 is 3.18 bits per heavy atom. The summed E-state index contributed by atoms with van der Waals surface area (Å²) >= 11 is 0. The number of fused-ring (bicyclic) bond motifs is 3. The lowest BCUT2D eigenvalue weighted by Gasteiger charge is -2.15. The highest BCUT2D eigenvalue weighted by Crippen LogP contribution is 2.59. The number of hydrogen-bond donors (Lipinski definition) is 0. The van der Waals surface area contributed by atoms with Gasteiger partial charge < -0.3 is 9.47 Å². The van der Waals surface area contributed by atoms with Crippen LogP contribution in [0.25, 0.3) is 0 Å². The molecule has 4 heteroatoms.